The maximum Gasteiger partial charge on any atom is 0.266 e. The van der Waals surface area contributed by atoms with Crippen molar-refractivity contribution in [1.82, 2.24) is 0 Å². The second-order valence-electron chi connectivity index (χ2n) is 17.5. The van der Waals surface area contributed by atoms with Crippen LogP contribution < -0.4 is 4.89 Å². The zero-order valence-corrected chi connectivity index (χ0v) is 36.9. The van der Waals surface area contributed by atoms with Gasteiger partial charge in [0.2, 0.25) is 5.60 Å². The number of nitrogens with zero attached hydrogens (tertiary/aromatic N) is 1. The third-order valence-corrected chi connectivity index (χ3v) is 11.4. The lowest BCUT2D eigenvalue weighted by atomic mass is 9.86. The van der Waals surface area contributed by atoms with Crippen molar-refractivity contribution in [2.75, 3.05) is 27.7 Å². The number of phosphoric acid groups is 1. The Hall–Kier alpha value is -0.590. The van der Waals surface area contributed by atoms with Crippen LogP contribution in [0.1, 0.15) is 245 Å². The first-order valence-electron chi connectivity index (χ1n) is 23.0. The molecule has 0 aromatic heterocycles. The Morgan fingerprint density at radius 1 is 0.472 bits per heavy atom. The van der Waals surface area contributed by atoms with Gasteiger partial charge in [-0.2, -0.15) is 0 Å². The molecule has 7 nitrogen and oxygen atoms in total. The topological polar surface area (TPSA) is 104 Å². The van der Waals surface area contributed by atoms with Gasteiger partial charge in [0.15, 0.2) is 11.6 Å². The lowest BCUT2D eigenvalue weighted by molar-refractivity contribution is -0.874. The van der Waals surface area contributed by atoms with E-state index < -0.39 is 25.0 Å². The van der Waals surface area contributed by atoms with Gasteiger partial charge in [0.05, 0.1) is 21.1 Å². The Balaban J connectivity index is 4.40. The van der Waals surface area contributed by atoms with Gasteiger partial charge in [-0.05, 0) is 12.8 Å². The molecule has 0 spiro atoms. The number of carbonyl (C=O) groups is 2. The molecule has 0 rings (SSSR count). The van der Waals surface area contributed by atoms with Gasteiger partial charge >= 0.3 is 0 Å². The summed E-state index contributed by atoms with van der Waals surface area (Å²) in [5.74, 6) is -1.04. The van der Waals surface area contributed by atoms with Gasteiger partial charge in [-0.25, -0.2) is 0 Å². The third kappa shape index (κ3) is 33.3. The van der Waals surface area contributed by atoms with E-state index in [1.165, 1.54) is 167 Å². The number of rotatable bonds is 42. The molecular formula is C45H90NO6P. The van der Waals surface area contributed by atoms with Gasteiger partial charge in [-0.15, -0.1) is 0 Å². The Morgan fingerprint density at radius 2 is 0.679 bits per heavy atom. The van der Waals surface area contributed by atoms with Crippen LogP contribution in [0.15, 0.2) is 0 Å². The van der Waals surface area contributed by atoms with Gasteiger partial charge < -0.3 is 14.3 Å². The molecule has 0 aliphatic carbocycles. The van der Waals surface area contributed by atoms with Crippen LogP contribution in [-0.4, -0.2) is 54.2 Å². The monoisotopic (exact) mass is 772 g/mol. The summed E-state index contributed by atoms with van der Waals surface area (Å²) < 4.78 is 17.4. The average molecular weight is 772 g/mol. The van der Waals surface area contributed by atoms with Gasteiger partial charge in [0.1, 0.15) is 6.54 Å². The van der Waals surface area contributed by atoms with Crippen molar-refractivity contribution >= 4 is 19.4 Å². The van der Waals surface area contributed by atoms with Crippen LogP contribution in [0.5, 0.6) is 0 Å². The van der Waals surface area contributed by atoms with Gasteiger partial charge in [-0.3, -0.25) is 18.7 Å². The van der Waals surface area contributed by atoms with Crippen molar-refractivity contribution in [3.05, 3.63) is 0 Å². The summed E-state index contributed by atoms with van der Waals surface area (Å²) in [6, 6.07) is 0. The number of carbonyl (C=O) groups excluding carboxylic acids is 2. The molecule has 53 heavy (non-hydrogen) atoms. The Morgan fingerprint density at radius 3 is 0.868 bits per heavy atom. The molecule has 1 atom stereocenters. The van der Waals surface area contributed by atoms with E-state index in [0.29, 0.717) is 12.8 Å². The lowest BCUT2D eigenvalue weighted by Gasteiger charge is -2.39. The SMILES string of the molecule is CCCCCCCCCCCCCCCCCCCC(=O)C(C[N+](C)(C)C)(OP(=O)([O-])O)C(=O)CCCCCCCCCCCCCCCCCCC. The predicted octanol–water partition coefficient (Wildman–Crippen LogP) is 13.1. The summed E-state index contributed by atoms with van der Waals surface area (Å²) >= 11 is 0. The highest BCUT2D eigenvalue weighted by molar-refractivity contribution is 7.44. The zero-order valence-electron chi connectivity index (χ0n) is 36.0. The molecule has 316 valence electrons. The normalized spacial score (nSPS) is 13.4. The largest absolute Gasteiger partial charge is 0.756 e. The fraction of sp³-hybridized carbons (Fsp3) is 0.956. The van der Waals surface area contributed by atoms with E-state index in [0.717, 1.165) is 38.5 Å². The smallest absolute Gasteiger partial charge is 0.266 e. The minimum absolute atomic E-state index is 0.0728. The van der Waals surface area contributed by atoms with Gasteiger partial charge in [-0.1, -0.05) is 219 Å². The molecule has 0 amide bonds. The van der Waals surface area contributed by atoms with Crippen LogP contribution in [0.4, 0.5) is 0 Å². The standard InChI is InChI=1S/C45H90NO6P/c1-6-8-10-12-14-16-18-20-22-24-26-28-30-32-34-36-38-40-43(47)45(42-46(3,4)5,52-53(49,50)51)44(48)41-39-37-35-33-31-29-27-25-23-21-19-17-15-13-11-9-7-2/h6-42H2,1-5H3,(H-,49,50,51). The molecule has 0 radical (unpaired) electrons. The first-order chi connectivity index (χ1) is 25.4. The number of quaternary nitrogens is 1. The second kappa shape index (κ2) is 34.6. The Kier molecular flexibility index (Phi) is 34.3. The van der Waals surface area contributed by atoms with Crippen molar-refractivity contribution < 1.29 is 32.9 Å². The van der Waals surface area contributed by atoms with Crippen LogP contribution in [0, 0.1) is 0 Å². The minimum atomic E-state index is -5.34. The summed E-state index contributed by atoms with van der Waals surface area (Å²) in [6.45, 7) is 4.40. The van der Waals surface area contributed by atoms with Crippen molar-refractivity contribution in [3.63, 3.8) is 0 Å². The average Bonchev–Trinajstić information content (AvgIpc) is 3.09. The molecular weight excluding hydrogens is 681 g/mol. The predicted molar refractivity (Wildman–Crippen MR) is 224 cm³/mol. The van der Waals surface area contributed by atoms with Crippen LogP contribution in [0.25, 0.3) is 0 Å². The number of ketones is 2. The van der Waals surface area contributed by atoms with Crippen LogP contribution >= 0.6 is 7.82 Å². The number of likely N-dealkylation sites (N-methyl/N-ethyl adjacent to an activating group) is 1. The van der Waals surface area contributed by atoms with Crippen LogP contribution in [0.2, 0.25) is 0 Å². The molecule has 0 saturated carbocycles. The van der Waals surface area contributed by atoms with Crippen molar-refractivity contribution in [3.8, 4) is 0 Å². The van der Waals surface area contributed by atoms with E-state index >= 15 is 0 Å². The Bertz CT molecular complexity index is 848. The van der Waals surface area contributed by atoms with Crippen molar-refractivity contribution in [2.45, 2.75) is 251 Å². The van der Waals surface area contributed by atoms with Gasteiger partial charge in [0.25, 0.3) is 7.82 Å². The summed E-state index contributed by atoms with van der Waals surface area (Å²) in [6.07, 6.45) is 42.1. The summed E-state index contributed by atoms with van der Waals surface area (Å²) in [4.78, 5) is 49.2. The van der Waals surface area contributed by atoms with E-state index in [4.69, 9.17) is 4.52 Å². The molecule has 0 aromatic carbocycles. The fourth-order valence-electron chi connectivity index (χ4n) is 7.75. The number of unbranched alkanes of at least 4 members (excludes halogenated alkanes) is 32. The third-order valence-electron chi connectivity index (χ3n) is 10.9. The quantitative estimate of drug-likeness (QED) is 0.0287. The van der Waals surface area contributed by atoms with Gasteiger partial charge in [0, 0.05) is 12.8 Å². The van der Waals surface area contributed by atoms with E-state index in [1.807, 2.05) is 0 Å². The number of phosphoric ester groups is 1. The lowest BCUT2D eigenvalue weighted by Crippen LogP contribution is -2.60. The molecule has 1 N–H and O–H groups in total. The summed E-state index contributed by atoms with van der Waals surface area (Å²) in [7, 11) is 0.0703. The minimum Gasteiger partial charge on any atom is -0.756 e. The summed E-state index contributed by atoms with van der Waals surface area (Å²) in [5.41, 5.74) is -2.17. The second-order valence-corrected chi connectivity index (χ2v) is 18.6. The van der Waals surface area contributed by atoms with E-state index in [-0.39, 0.29) is 23.9 Å². The van der Waals surface area contributed by atoms with Crippen LogP contribution in [0.3, 0.4) is 0 Å². The molecule has 8 heteroatoms. The zero-order chi connectivity index (χ0) is 39.5. The van der Waals surface area contributed by atoms with E-state index in [2.05, 4.69) is 13.8 Å². The molecule has 0 aliphatic heterocycles. The Labute approximate surface area is 329 Å². The molecule has 0 aromatic rings. The highest BCUT2D eigenvalue weighted by Gasteiger charge is 2.51. The molecule has 0 aliphatic rings. The first-order valence-corrected chi connectivity index (χ1v) is 24.5. The molecule has 0 fully saturated rings. The van der Waals surface area contributed by atoms with E-state index in [1.54, 1.807) is 21.1 Å². The fourth-order valence-corrected chi connectivity index (χ4v) is 8.41. The van der Waals surface area contributed by atoms with Crippen molar-refractivity contribution in [1.29, 1.82) is 0 Å². The molecule has 1 unspecified atom stereocenters. The van der Waals surface area contributed by atoms with Crippen molar-refractivity contribution in [2.24, 2.45) is 0 Å². The highest BCUT2D eigenvalue weighted by atomic mass is 31.2. The summed E-state index contributed by atoms with van der Waals surface area (Å²) in [5, 5.41) is 0. The number of hydrogen-bond donors (Lipinski definition) is 1. The van der Waals surface area contributed by atoms with Crippen LogP contribution in [-0.2, 0) is 18.7 Å². The molecule has 0 saturated heterocycles. The first kappa shape index (κ1) is 52.4. The molecule has 0 bridgehead atoms. The number of hydrogen-bond acceptors (Lipinski definition) is 5. The maximum atomic E-state index is 13.7. The maximum absolute atomic E-state index is 13.7. The highest BCUT2D eigenvalue weighted by Crippen LogP contribution is 2.40. The number of Topliss-reactive ketones (excluding diaryl/α,β-unsaturated/α-hetero) is 2. The van der Waals surface area contributed by atoms with E-state index in [9.17, 15) is 23.9 Å². The molecule has 0 heterocycles.